The molecule has 3 aliphatic heterocycles. The van der Waals surface area contributed by atoms with Crippen molar-refractivity contribution in [3.05, 3.63) is 106 Å². The molecule has 0 bridgehead atoms. The first-order valence-electron chi connectivity index (χ1n) is 24.9. The second kappa shape index (κ2) is 24.8. The molecule has 0 radical (unpaired) electrons. The number of nitrogens with zero attached hydrogens (tertiary/aromatic N) is 6. The van der Waals surface area contributed by atoms with Gasteiger partial charge in [0.2, 0.25) is 11.8 Å². The van der Waals surface area contributed by atoms with Gasteiger partial charge in [0.05, 0.1) is 78.6 Å². The Labute approximate surface area is 432 Å². The van der Waals surface area contributed by atoms with Crippen LogP contribution in [0, 0.1) is 12.8 Å². The average molecular weight is 1040 g/mol. The number of amides is 3. The van der Waals surface area contributed by atoms with Crippen LogP contribution >= 0.6 is 22.7 Å². The number of thiophene rings is 1. The Bertz CT molecular complexity index is 2790. The number of likely N-dealkylation sites (tertiary alicyclic amines) is 2. The van der Waals surface area contributed by atoms with Crippen molar-refractivity contribution in [1.82, 2.24) is 35.1 Å². The third-order valence-electron chi connectivity index (χ3n) is 13.2. The molecule has 2 fully saturated rings. The lowest BCUT2D eigenvalue weighted by Gasteiger charge is -2.35. The molecule has 3 atom stereocenters. The lowest BCUT2D eigenvalue weighted by Crippen LogP contribution is -2.55. The first-order valence-corrected chi connectivity index (χ1v) is 26.7. The summed E-state index contributed by atoms with van der Waals surface area (Å²) in [4.78, 5) is 56.7. The van der Waals surface area contributed by atoms with Crippen LogP contribution < -0.4 is 19.5 Å². The topological polar surface area (TPSA) is 200 Å². The number of carbonyl (C=O) groups excluding carboxylic acids is 3. The highest BCUT2D eigenvalue weighted by atomic mass is 32.1. The first kappa shape index (κ1) is 51.9. The van der Waals surface area contributed by atoms with Crippen LogP contribution in [0.3, 0.4) is 0 Å². The number of hydrogen-bond acceptors (Lipinski definition) is 17. The van der Waals surface area contributed by atoms with Crippen molar-refractivity contribution in [2.24, 2.45) is 5.92 Å². The Balaban J connectivity index is 0.657. The van der Waals surface area contributed by atoms with E-state index in [1.807, 2.05) is 80.7 Å². The Morgan fingerprint density at radius 2 is 1.64 bits per heavy atom. The average Bonchev–Trinajstić information content (AvgIpc) is 4.26. The fourth-order valence-corrected chi connectivity index (χ4v) is 11.1. The molecule has 2 aromatic carbocycles. The van der Waals surface area contributed by atoms with E-state index < -0.39 is 24.1 Å². The molecular formula is C53H63N7O11S2. The molecule has 9 rings (SSSR count). The van der Waals surface area contributed by atoms with Crippen molar-refractivity contribution in [3.8, 4) is 27.8 Å². The molecule has 18 nitrogen and oxygen atoms in total. The zero-order valence-corrected chi connectivity index (χ0v) is 43.1. The van der Waals surface area contributed by atoms with Crippen molar-refractivity contribution in [2.75, 3.05) is 72.5 Å². The SMILES string of the molecule is Cc1ncsc1-c1ccc(CNC(=O)[C@@H]2C[C@@H](O)CN2C(=O)[C@H](C(C)C)N2Cc3ccccc3C2=O)c(OCCOCCOCCOCCOc2cc(CN3CCC(Oc4ccnc5ccsc45)CC3)on2)c1. The van der Waals surface area contributed by atoms with Gasteiger partial charge in [-0.25, -0.2) is 4.98 Å². The maximum Gasteiger partial charge on any atom is 0.255 e. The lowest BCUT2D eigenvalue weighted by atomic mass is 10.0. The highest BCUT2D eigenvalue weighted by molar-refractivity contribution is 7.17. The van der Waals surface area contributed by atoms with E-state index in [0.29, 0.717) is 76.5 Å². The predicted molar refractivity (Wildman–Crippen MR) is 274 cm³/mol. The summed E-state index contributed by atoms with van der Waals surface area (Å²) in [5.41, 5.74) is 6.77. The lowest BCUT2D eigenvalue weighted by molar-refractivity contribution is -0.143. The molecule has 0 spiro atoms. The highest BCUT2D eigenvalue weighted by Gasteiger charge is 2.46. The summed E-state index contributed by atoms with van der Waals surface area (Å²) in [5, 5.41) is 19.9. The minimum absolute atomic E-state index is 0.0000481. The number of β-amino-alcohol motifs (C(OH)–C–C–N with tert-alkyl or cyclic N) is 1. The van der Waals surface area contributed by atoms with E-state index in [4.69, 9.17) is 32.9 Å². The summed E-state index contributed by atoms with van der Waals surface area (Å²) in [6.07, 6.45) is 3.03. The van der Waals surface area contributed by atoms with E-state index in [1.54, 1.807) is 34.0 Å². The van der Waals surface area contributed by atoms with Crippen LogP contribution in [0.5, 0.6) is 17.4 Å². The number of piperidine rings is 1. The van der Waals surface area contributed by atoms with Crippen molar-refractivity contribution in [1.29, 1.82) is 0 Å². The molecule has 388 valence electrons. The van der Waals surface area contributed by atoms with Crippen LogP contribution in [0.4, 0.5) is 0 Å². The predicted octanol–water partition coefficient (Wildman–Crippen LogP) is 6.53. The molecule has 3 amide bonds. The number of thiazole rings is 1. The zero-order chi connectivity index (χ0) is 50.7. The van der Waals surface area contributed by atoms with Gasteiger partial charge in [-0.05, 0) is 71.6 Å². The van der Waals surface area contributed by atoms with E-state index >= 15 is 0 Å². The maximum absolute atomic E-state index is 14.2. The molecular weight excluding hydrogens is 975 g/mol. The molecule has 3 aliphatic rings. The number of ether oxygens (including phenoxy) is 6. The number of aliphatic hydroxyl groups is 1. The Morgan fingerprint density at radius 3 is 2.38 bits per heavy atom. The van der Waals surface area contributed by atoms with Crippen LogP contribution in [-0.4, -0.2) is 149 Å². The molecule has 73 heavy (non-hydrogen) atoms. The summed E-state index contributed by atoms with van der Waals surface area (Å²) in [6, 6.07) is 17.2. The second-order valence-electron chi connectivity index (χ2n) is 18.7. The quantitative estimate of drug-likeness (QED) is 0.0587. The number of pyridine rings is 1. The Morgan fingerprint density at radius 1 is 0.890 bits per heavy atom. The van der Waals surface area contributed by atoms with Crippen LogP contribution in [0.1, 0.15) is 66.0 Å². The van der Waals surface area contributed by atoms with Gasteiger partial charge in [0.25, 0.3) is 11.8 Å². The van der Waals surface area contributed by atoms with Gasteiger partial charge in [-0.15, -0.1) is 22.7 Å². The third kappa shape index (κ3) is 13.0. The van der Waals surface area contributed by atoms with Gasteiger partial charge < -0.3 is 53.2 Å². The molecule has 2 saturated heterocycles. The third-order valence-corrected chi connectivity index (χ3v) is 15.1. The van der Waals surface area contributed by atoms with E-state index in [2.05, 4.69) is 25.3 Å². The number of aliphatic hydroxyl groups excluding tert-OH is 1. The van der Waals surface area contributed by atoms with Gasteiger partial charge in [-0.2, -0.15) is 0 Å². The molecule has 2 N–H and O–H groups in total. The van der Waals surface area contributed by atoms with E-state index in [0.717, 1.165) is 74.9 Å². The van der Waals surface area contributed by atoms with Crippen LogP contribution in [-0.2, 0) is 43.4 Å². The first-order chi connectivity index (χ1) is 35.6. The summed E-state index contributed by atoms with van der Waals surface area (Å²) in [7, 11) is 0. The van der Waals surface area contributed by atoms with Gasteiger partial charge in [-0.1, -0.05) is 44.2 Å². The van der Waals surface area contributed by atoms with E-state index in [9.17, 15) is 19.5 Å². The van der Waals surface area contributed by atoms with Crippen molar-refractivity contribution in [2.45, 2.75) is 84.0 Å². The normalized spacial score (nSPS) is 17.7. The standard InChI is InChI=1S/C53H63N7O11S2/c1-34(2)48(60-30-38-6-4-5-7-42(38)52(60)63)53(64)59-31-39(61)27-44(59)51(62)55-29-37-9-8-36(49-35(3)56-33-73-49)26-46(37)68-23-21-66-19-17-65-18-20-67-22-24-69-47-28-41(71-57-47)32-58-15-11-40(12-16-58)70-45-10-14-54-43-13-25-72-50(43)45/h4-10,13-14,25-26,28,33-34,39-40,44,48,61H,11-12,15-24,27,29-32H2,1-3H3,(H,55,62)/t39-,44+,48+/m1/s1. The highest BCUT2D eigenvalue weighted by Crippen LogP contribution is 2.34. The second-order valence-corrected chi connectivity index (χ2v) is 20.5. The number of hydrogen-bond donors (Lipinski definition) is 2. The molecule has 6 aromatic rings. The fourth-order valence-electron chi connectivity index (χ4n) is 9.53. The molecule has 4 aromatic heterocycles. The van der Waals surface area contributed by atoms with Crippen molar-refractivity contribution in [3.63, 3.8) is 0 Å². The molecule has 0 aliphatic carbocycles. The van der Waals surface area contributed by atoms with Crippen LogP contribution in [0.15, 0.2) is 82.3 Å². The van der Waals surface area contributed by atoms with Gasteiger partial charge in [-0.3, -0.25) is 24.3 Å². The number of nitrogens with one attached hydrogen (secondary N) is 1. The van der Waals surface area contributed by atoms with E-state index in [1.165, 1.54) is 16.2 Å². The molecule has 7 heterocycles. The number of fused-ring (bicyclic) bond motifs is 2. The smallest absolute Gasteiger partial charge is 0.255 e. The van der Waals surface area contributed by atoms with Gasteiger partial charge >= 0.3 is 0 Å². The summed E-state index contributed by atoms with van der Waals surface area (Å²) >= 11 is 3.19. The minimum Gasteiger partial charge on any atom is -0.491 e. The van der Waals surface area contributed by atoms with Gasteiger partial charge in [0.1, 0.15) is 42.9 Å². The van der Waals surface area contributed by atoms with E-state index in [-0.39, 0.29) is 50.0 Å². The summed E-state index contributed by atoms with van der Waals surface area (Å²) < 4.78 is 42.2. The molecule has 20 heteroatoms. The molecule has 0 unspecified atom stereocenters. The van der Waals surface area contributed by atoms with Crippen LogP contribution in [0.2, 0.25) is 0 Å². The Hall–Kier alpha value is -6.00. The van der Waals surface area contributed by atoms with Crippen LogP contribution in [0.25, 0.3) is 20.7 Å². The van der Waals surface area contributed by atoms with Crippen molar-refractivity contribution < 1.29 is 52.4 Å². The number of rotatable bonds is 25. The van der Waals surface area contributed by atoms with Crippen molar-refractivity contribution >= 4 is 50.6 Å². The molecule has 0 saturated carbocycles. The number of benzene rings is 2. The number of aromatic nitrogens is 3. The monoisotopic (exact) mass is 1040 g/mol. The maximum atomic E-state index is 14.2. The van der Waals surface area contributed by atoms with Gasteiger partial charge in [0.15, 0.2) is 5.76 Å². The number of carbonyl (C=O) groups is 3. The summed E-state index contributed by atoms with van der Waals surface area (Å²) in [5.74, 6) is 1.47. The van der Waals surface area contributed by atoms with Gasteiger partial charge in [0, 0.05) is 62.5 Å². The minimum atomic E-state index is -0.910. The zero-order valence-electron chi connectivity index (χ0n) is 41.4. The summed E-state index contributed by atoms with van der Waals surface area (Å²) in [6.45, 7) is 11.4. The number of aryl methyl sites for hydroxylation is 1. The largest absolute Gasteiger partial charge is 0.491 e. The Kier molecular flexibility index (Phi) is 17.6. The fraction of sp³-hybridized carbons (Fsp3) is 0.472.